The fourth-order valence-corrected chi connectivity index (χ4v) is 5.94. The smallest absolute Gasteiger partial charge is 0.164 e. The largest absolute Gasteiger partial charge is 0.455 e. The van der Waals surface area contributed by atoms with E-state index in [4.69, 9.17) is 18.1 Å². The number of hydrogen-bond acceptors (Lipinski definition) is 4. The first-order valence-electron chi connectivity index (χ1n) is 20.5. The third kappa shape index (κ3) is 5.45. The predicted molar refractivity (Wildman–Crippen MR) is 200 cm³/mol. The topological polar surface area (TPSA) is 51.8 Å². The molecular formula is C45H29N3O. The summed E-state index contributed by atoms with van der Waals surface area (Å²) >= 11 is 0. The molecule has 2 aromatic heterocycles. The van der Waals surface area contributed by atoms with E-state index in [1.165, 1.54) is 0 Å². The van der Waals surface area contributed by atoms with Gasteiger partial charge in [0.1, 0.15) is 11.2 Å². The van der Waals surface area contributed by atoms with E-state index in [2.05, 4.69) is 75.6 Å². The Morgan fingerprint density at radius 1 is 0.388 bits per heavy atom. The first-order valence-corrected chi connectivity index (χ1v) is 15.5. The van der Waals surface area contributed by atoms with Crippen LogP contribution < -0.4 is 0 Å². The quantitative estimate of drug-likeness (QED) is 0.182. The summed E-state index contributed by atoms with van der Waals surface area (Å²) in [5.74, 6) is -0.716. The van der Waals surface area contributed by atoms with Gasteiger partial charge in [0.15, 0.2) is 17.5 Å². The number of fused-ring (bicyclic) bond motifs is 3. The highest BCUT2D eigenvalue weighted by molar-refractivity contribution is 6.10. The summed E-state index contributed by atoms with van der Waals surface area (Å²) < 4.78 is 90.1. The monoisotopic (exact) mass is 637 g/mol. The zero-order chi connectivity index (χ0) is 41.3. The maximum absolute atomic E-state index is 8.61. The van der Waals surface area contributed by atoms with Gasteiger partial charge in [-0.1, -0.05) is 164 Å². The summed E-state index contributed by atoms with van der Waals surface area (Å²) in [5, 5.41) is 1.66. The fraction of sp³-hybridized carbons (Fsp3) is 0. The normalized spacial score (nSPS) is 14.1. The van der Waals surface area contributed by atoms with Gasteiger partial charge in [0, 0.05) is 33.0 Å². The number of aromatic nitrogens is 3. The lowest BCUT2D eigenvalue weighted by molar-refractivity contribution is 0.670. The van der Waals surface area contributed by atoms with Crippen LogP contribution in [-0.2, 0) is 0 Å². The lowest BCUT2D eigenvalue weighted by Crippen LogP contribution is -2.00. The van der Waals surface area contributed by atoms with Crippen LogP contribution in [0, 0.1) is 0 Å². The fourth-order valence-electron chi connectivity index (χ4n) is 5.94. The number of hydrogen-bond donors (Lipinski definition) is 0. The Morgan fingerprint density at radius 2 is 0.878 bits per heavy atom. The molecule has 9 rings (SSSR count). The first-order chi connectivity index (χ1) is 28.4. The van der Waals surface area contributed by atoms with E-state index in [-0.39, 0.29) is 28.6 Å². The van der Waals surface area contributed by atoms with Crippen molar-refractivity contribution in [1.82, 2.24) is 15.0 Å². The van der Waals surface area contributed by atoms with Gasteiger partial charge in [0.2, 0.25) is 0 Å². The van der Waals surface area contributed by atoms with Crippen LogP contribution in [-0.4, -0.2) is 15.0 Å². The molecule has 0 unspecified atom stereocenters. The SMILES string of the molecule is [2H]c1c([2H])c([2H])c(-c2nc(-c3ccc4c(c3)oc3c(-c5ccc(-c6ccc(-c7ccccc7)cc6)cc5)cccc34)nc(-c3c([2H])c([2H])c([2H])c([2H])c3[2H])n2)c([2H])c1[2H]. The van der Waals surface area contributed by atoms with Crippen LogP contribution >= 0.6 is 0 Å². The van der Waals surface area contributed by atoms with Crippen LogP contribution in [0.3, 0.4) is 0 Å². The number of para-hydroxylation sites is 1. The van der Waals surface area contributed by atoms with Crippen LogP contribution in [0.5, 0.6) is 0 Å². The second-order valence-corrected chi connectivity index (χ2v) is 11.3. The highest BCUT2D eigenvalue weighted by Gasteiger charge is 2.16. The highest BCUT2D eigenvalue weighted by atomic mass is 16.3. The summed E-state index contributed by atoms with van der Waals surface area (Å²) in [5.41, 5.74) is 7.12. The maximum Gasteiger partial charge on any atom is 0.164 e. The first kappa shape index (κ1) is 19.9. The van der Waals surface area contributed by atoms with Crippen molar-refractivity contribution in [2.24, 2.45) is 0 Å². The van der Waals surface area contributed by atoms with E-state index in [1.807, 2.05) is 42.5 Å². The van der Waals surface area contributed by atoms with E-state index in [0.717, 1.165) is 44.2 Å². The van der Waals surface area contributed by atoms with Crippen molar-refractivity contribution >= 4 is 21.9 Å². The minimum absolute atomic E-state index is 0.0430. The summed E-state index contributed by atoms with van der Waals surface area (Å²) in [6.45, 7) is 0. The van der Waals surface area contributed by atoms with Gasteiger partial charge in [0.05, 0.1) is 13.7 Å². The van der Waals surface area contributed by atoms with E-state index < -0.39 is 60.4 Å². The average molecular weight is 638 g/mol. The molecule has 0 aliphatic rings. The molecule has 0 radical (unpaired) electrons. The molecule has 9 aromatic rings. The van der Waals surface area contributed by atoms with Crippen molar-refractivity contribution in [1.29, 1.82) is 0 Å². The molecule has 0 saturated carbocycles. The van der Waals surface area contributed by atoms with Gasteiger partial charge < -0.3 is 4.42 Å². The Bertz CT molecular complexity index is 3010. The van der Waals surface area contributed by atoms with Gasteiger partial charge in [-0.25, -0.2) is 15.0 Å². The molecule has 49 heavy (non-hydrogen) atoms. The minimum Gasteiger partial charge on any atom is -0.455 e. The van der Waals surface area contributed by atoms with Crippen LogP contribution in [0.25, 0.3) is 89.5 Å². The van der Waals surface area contributed by atoms with Crippen molar-refractivity contribution in [3.63, 3.8) is 0 Å². The Balaban J connectivity index is 1.15. The lowest BCUT2D eigenvalue weighted by Gasteiger charge is -2.08. The third-order valence-corrected chi connectivity index (χ3v) is 8.36. The van der Waals surface area contributed by atoms with E-state index >= 15 is 0 Å². The Hall–Kier alpha value is -6.65. The van der Waals surface area contributed by atoms with E-state index in [0.29, 0.717) is 16.7 Å². The van der Waals surface area contributed by atoms with Crippen molar-refractivity contribution in [2.75, 3.05) is 0 Å². The molecule has 7 aromatic carbocycles. The molecule has 0 aliphatic carbocycles. The zero-order valence-corrected chi connectivity index (χ0v) is 25.7. The Kier molecular flexibility index (Phi) is 4.94. The second kappa shape index (κ2) is 12.2. The van der Waals surface area contributed by atoms with Crippen molar-refractivity contribution < 1.29 is 18.1 Å². The number of furan rings is 1. The molecule has 0 amide bonds. The summed E-state index contributed by atoms with van der Waals surface area (Å²) in [6.07, 6.45) is 0. The van der Waals surface area contributed by atoms with Crippen LogP contribution in [0.2, 0.25) is 0 Å². The van der Waals surface area contributed by atoms with E-state index in [1.54, 1.807) is 12.1 Å². The number of nitrogens with zero attached hydrogens (tertiary/aromatic N) is 3. The molecule has 4 heteroatoms. The molecule has 0 N–H and O–H groups in total. The van der Waals surface area contributed by atoms with Crippen molar-refractivity contribution in [3.05, 3.63) is 176 Å². The summed E-state index contributed by atoms with van der Waals surface area (Å²) in [4.78, 5) is 13.5. The zero-order valence-electron chi connectivity index (χ0n) is 35.7. The Morgan fingerprint density at radius 3 is 1.45 bits per heavy atom. The second-order valence-electron chi connectivity index (χ2n) is 11.3. The third-order valence-electron chi connectivity index (χ3n) is 8.36. The molecular weight excluding hydrogens is 599 g/mol. The van der Waals surface area contributed by atoms with E-state index in [9.17, 15) is 0 Å². The van der Waals surface area contributed by atoms with Gasteiger partial charge in [-0.05, 0) is 39.9 Å². The Labute approximate surface area is 298 Å². The molecule has 0 aliphatic heterocycles. The lowest BCUT2D eigenvalue weighted by atomic mass is 9.97. The van der Waals surface area contributed by atoms with Gasteiger partial charge in [0.25, 0.3) is 0 Å². The van der Waals surface area contributed by atoms with Gasteiger partial charge in [-0.2, -0.15) is 0 Å². The highest BCUT2D eigenvalue weighted by Crippen LogP contribution is 2.38. The molecule has 2 heterocycles. The molecule has 230 valence electrons. The molecule has 0 saturated heterocycles. The molecule has 4 nitrogen and oxygen atoms in total. The van der Waals surface area contributed by atoms with Gasteiger partial charge in [-0.15, -0.1) is 0 Å². The van der Waals surface area contributed by atoms with Crippen LogP contribution in [0.1, 0.15) is 13.7 Å². The number of benzene rings is 7. The summed E-state index contributed by atoms with van der Waals surface area (Å²) in [6, 6.07) is 32.2. The van der Waals surface area contributed by atoms with Gasteiger partial charge >= 0.3 is 0 Å². The predicted octanol–water partition coefficient (Wildman–Crippen LogP) is 11.8. The van der Waals surface area contributed by atoms with Gasteiger partial charge in [-0.3, -0.25) is 0 Å². The van der Waals surface area contributed by atoms with Crippen LogP contribution in [0.4, 0.5) is 0 Å². The maximum atomic E-state index is 8.61. The molecule has 0 spiro atoms. The summed E-state index contributed by atoms with van der Waals surface area (Å²) in [7, 11) is 0. The standard InChI is InChI=1S/C45H29N3O/c1-4-11-30(12-5-1)31-19-21-32(22-20-31)33-23-25-34(26-24-33)38-17-10-18-40-39-28-27-37(29-41(39)49-42(38)40)45-47-43(35-13-6-2-7-14-35)46-44(48-45)36-15-8-3-9-16-36/h1-29H/i2D,3D,6D,7D,8D,9D,13D,14D,15D,16D. The van der Waals surface area contributed by atoms with Crippen LogP contribution in [0.15, 0.2) is 180 Å². The molecule has 0 fully saturated rings. The molecule has 0 atom stereocenters. The number of rotatable bonds is 6. The van der Waals surface area contributed by atoms with Crippen molar-refractivity contribution in [2.45, 2.75) is 0 Å². The minimum atomic E-state index is -0.612. The average Bonchev–Trinajstić information content (AvgIpc) is 3.65. The molecule has 0 bridgehead atoms. The van der Waals surface area contributed by atoms with Crippen molar-refractivity contribution in [3.8, 4) is 67.5 Å².